The summed E-state index contributed by atoms with van der Waals surface area (Å²) < 4.78 is 82.4. The van der Waals surface area contributed by atoms with Crippen molar-refractivity contribution in [1.29, 1.82) is 0 Å². The first-order valence-electron chi connectivity index (χ1n) is 8.55. The van der Waals surface area contributed by atoms with Crippen molar-refractivity contribution < 1.29 is 31.1 Å². The van der Waals surface area contributed by atoms with Crippen molar-refractivity contribution in [2.75, 3.05) is 17.2 Å². The fraction of sp³-hybridized carbons (Fsp3) is 0.158. The molecule has 0 aliphatic heterocycles. The largest absolute Gasteiger partial charge is 0.573 e. The van der Waals surface area contributed by atoms with Gasteiger partial charge < -0.3 is 15.4 Å². The summed E-state index contributed by atoms with van der Waals surface area (Å²) in [4.78, 5) is 8.24. The number of nitrogens with one attached hydrogen (secondary N) is 2. The minimum absolute atomic E-state index is 0.0579. The van der Waals surface area contributed by atoms with Crippen LogP contribution in [0.1, 0.15) is 6.92 Å². The lowest BCUT2D eigenvalue weighted by atomic mass is 10.1. The lowest BCUT2D eigenvalue weighted by molar-refractivity contribution is -0.274. The quantitative estimate of drug-likeness (QED) is 0.498. The topological polar surface area (TPSA) is 59.1 Å². The van der Waals surface area contributed by atoms with Crippen LogP contribution in [-0.4, -0.2) is 22.9 Å². The van der Waals surface area contributed by atoms with E-state index in [1.54, 1.807) is 6.92 Å². The fourth-order valence-corrected chi connectivity index (χ4v) is 2.54. The molecule has 0 saturated heterocycles. The first kappa shape index (κ1) is 21.2. The number of hydrogen-bond acceptors (Lipinski definition) is 5. The van der Waals surface area contributed by atoms with Gasteiger partial charge in [0.2, 0.25) is 5.95 Å². The maximum atomic E-state index is 14.0. The second-order valence-electron chi connectivity index (χ2n) is 5.94. The maximum Gasteiger partial charge on any atom is 0.573 e. The number of halogens is 6. The Balaban J connectivity index is 2.01. The Kier molecular flexibility index (Phi) is 5.99. The van der Waals surface area contributed by atoms with Crippen LogP contribution in [0.3, 0.4) is 0 Å². The third kappa shape index (κ3) is 5.31. The van der Waals surface area contributed by atoms with Gasteiger partial charge in [-0.05, 0) is 19.1 Å². The Labute approximate surface area is 166 Å². The average molecular weight is 428 g/mol. The normalized spacial score (nSPS) is 11.3. The van der Waals surface area contributed by atoms with Crippen LogP contribution in [0, 0.1) is 17.5 Å². The molecule has 3 aromatic rings. The van der Waals surface area contributed by atoms with Gasteiger partial charge in [0.15, 0.2) is 11.6 Å². The van der Waals surface area contributed by atoms with Gasteiger partial charge in [-0.2, -0.15) is 4.98 Å². The van der Waals surface area contributed by atoms with E-state index < -0.39 is 35.3 Å². The number of aromatic nitrogens is 2. The van der Waals surface area contributed by atoms with Crippen molar-refractivity contribution in [2.45, 2.75) is 13.3 Å². The zero-order chi connectivity index (χ0) is 21.9. The second-order valence-corrected chi connectivity index (χ2v) is 5.94. The highest BCUT2D eigenvalue weighted by molar-refractivity contribution is 5.68. The molecule has 1 heterocycles. The van der Waals surface area contributed by atoms with Gasteiger partial charge in [0, 0.05) is 30.3 Å². The van der Waals surface area contributed by atoms with Crippen LogP contribution in [0.5, 0.6) is 5.75 Å². The van der Waals surface area contributed by atoms with Crippen LogP contribution in [0.25, 0.3) is 11.3 Å². The van der Waals surface area contributed by atoms with Gasteiger partial charge in [-0.25, -0.2) is 18.2 Å². The summed E-state index contributed by atoms with van der Waals surface area (Å²) in [6, 6.07) is 7.30. The molecule has 11 heteroatoms. The highest BCUT2D eigenvalue weighted by Gasteiger charge is 2.31. The van der Waals surface area contributed by atoms with E-state index in [0.717, 1.165) is 12.1 Å². The molecule has 0 fully saturated rings. The number of ether oxygens (including phenoxy) is 1. The molecule has 30 heavy (non-hydrogen) atoms. The lowest BCUT2D eigenvalue weighted by Gasteiger charge is -2.13. The van der Waals surface area contributed by atoms with Gasteiger partial charge in [0.1, 0.15) is 23.1 Å². The van der Waals surface area contributed by atoms with Crippen LogP contribution >= 0.6 is 0 Å². The summed E-state index contributed by atoms with van der Waals surface area (Å²) in [6.07, 6.45) is -4.87. The van der Waals surface area contributed by atoms with Crippen LogP contribution in [0.15, 0.2) is 42.5 Å². The predicted molar refractivity (Wildman–Crippen MR) is 97.9 cm³/mol. The molecule has 0 aliphatic rings. The summed E-state index contributed by atoms with van der Waals surface area (Å²) in [5, 5.41) is 5.22. The minimum Gasteiger partial charge on any atom is -0.406 e. The molecule has 0 unspecified atom stereocenters. The molecule has 0 amide bonds. The van der Waals surface area contributed by atoms with Crippen molar-refractivity contribution in [3.63, 3.8) is 0 Å². The van der Waals surface area contributed by atoms with E-state index in [-0.39, 0.29) is 23.0 Å². The Morgan fingerprint density at radius 1 is 0.967 bits per heavy atom. The van der Waals surface area contributed by atoms with E-state index in [4.69, 9.17) is 0 Å². The third-order valence-electron chi connectivity index (χ3n) is 3.68. The summed E-state index contributed by atoms with van der Waals surface area (Å²) in [5.41, 5.74) is -0.252. The van der Waals surface area contributed by atoms with Crippen molar-refractivity contribution in [3.05, 3.63) is 59.9 Å². The van der Waals surface area contributed by atoms with Gasteiger partial charge in [0.25, 0.3) is 0 Å². The summed E-state index contributed by atoms with van der Waals surface area (Å²) in [7, 11) is 0. The number of nitrogens with zero attached hydrogens (tertiary/aromatic N) is 2. The molecular weight excluding hydrogens is 414 g/mol. The Morgan fingerprint density at radius 2 is 1.67 bits per heavy atom. The summed E-state index contributed by atoms with van der Waals surface area (Å²) in [6.45, 7) is 2.15. The maximum absolute atomic E-state index is 14.0. The molecule has 3 rings (SSSR count). The lowest BCUT2D eigenvalue weighted by Crippen LogP contribution is -2.17. The molecule has 0 aliphatic carbocycles. The second kappa shape index (κ2) is 8.47. The zero-order valence-electron chi connectivity index (χ0n) is 15.3. The van der Waals surface area contributed by atoms with Gasteiger partial charge in [-0.3, -0.25) is 0 Å². The summed E-state index contributed by atoms with van der Waals surface area (Å²) >= 11 is 0. The molecule has 158 valence electrons. The number of hydrogen-bond donors (Lipinski definition) is 2. The highest BCUT2D eigenvalue weighted by Crippen LogP contribution is 2.30. The average Bonchev–Trinajstić information content (AvgIpc) is 2.63. The van der Waals surface area contributed by atoms with Gasteiger partial charge in [-0.1, -0.05) is 12.1 Å². The Bertz CT molecular complexity index is 1030. The van der Waals surface area contributed by atoms with Gasteiger partial charge in [0.05, 0.1) is 5.69 Å². The van der Waals surface area contributed by atoms with Crippen molar-refractivity contribution in [3.8, 4) is 17.0 Å². The first-order chi connectivity index (χ1) is 14.1. The molecule has 1 aromatic heterocycles. The SMILES string of the molecule is CCNc1nc(Nc2c(F)cc(F)cc2F)cc(-c2cccc(OC(F)(F)F)c2)n1. The van der Waals surface area contributed by atoms with Gasteiger partial charge >= 0.3 is 6.36 Å². The number of alkyl halides is 3. The molecule has 0 bridgehead atoms. The Hall–Kier alpha value is -3.50. The molecule has 0 saturated carbocycles. The van der Waals surface area contributed by atoms with Crippen LogP contribution in [0.2, 0.25) is 0 Å². The molecule has 2 aromatic carbocycles. The molecular formula is C19H14F6N4O. The van der Waals surface area contributed by atoms with Gasteiger partial charge in [-0.15, -0.1) is 13.2 Å². The van der Waals surface area contributed by atoms with Crippen LogP contribution in [-0.2, 0) is 0 Å². The number of anilines is 3. The molecule has 5 nitrogen and oxygen atoms in total. The summed E-state index contributed by atoms with van der Waals surface area (Å²) in [5.74, 6) is -3.93. The van der Waals surface area contributed by atoms with Crippen molar-refractivity contribution in [1.82, 2.24) is 9.97 Å². The molecule has 2 N–H and O–H groups in total. The van der Waals surface area contributed by atoms with E-state index in [1.165, 1.54) is 18.2 Å². The number of rotatable bonds is 6. The van der Waals surface area contributed by atoms with E-state index in [0.29, 0.717) is 18.7 Å². The highest BCUT2D eigenvalue weighted by atomic mass is 19.4. The third-order valence-corrected chi connectivity index (χ3v) is 3.68. The fourth-order valence-electron chi connectivity index (χ4n) is 2.54. The van der Waals surface area contributed by atoms with E-state index in [1.807, 2.05) is 0 Å². The monoisotopic (exact) mass is 428 g/mol. The molecule has 0 radical (unpaired) electrons. The minimum atomic E-state index is -4.87. The van der Waals surface area contributed by atoms with Crippen molar-refractivity contribution >= 4 is 17.5 Å². The van der Waals surface area contributed by atoms with Crippen molar-refractivity contribution in [2.24, 2.45) is 0 Å². The Morgan fingerprint density at radius 3 is 2.30 bits per heavy atom. The zero-order valence-corrected chi connectivity index (χ0v) is 15.3. The first-order valence-corrected chi connectivity index (χ1v) is 8.55. The molecule has 0 atom stereocenters. The smallest absolute Gasteiger partial charge is 0.406 e. The van der Waals surface area contributed by atoms with E-state index in [9.17, 15) is 26.3 Å². The number of benzene rings is 2. The molecule has 0 spiro atoms. The van der Waals surface area contributed by atoms with Crippen LogP contribution in [0.4, 0.5) is 43.8 Å². The predicted octanol–water partition coefficient (Wildman–Crippen LogP) is 5.63. The van der Waals surface area contributed by atoms with Crippen LogP contribution < -0.4 is 15.4 Å². The van der Waals surface area contributed by atoms with E-state index >= 15 is 0 Å². The standard InChI is InChI=1S/C19H14F6N4O/c1-2-26-18-27-15(10-4-3-5-12(6-10)30-19(23,24)25)9-16(29-18)28-17-13(21)7-11(20)8-14(17)22/h3-9H,2H2,1H3,(H2,26,27,28,29). The van der Waals surface area contributed by atoms with E-state index in [2.05, 4.69) is 25.3 Å².